The molecule has 1 N–H and O–H groups in total. The van der Waals surface area contributed by atoms with Crippen molar-refractivity contribution in [3.63, 3.8) is 0 Å². The number of nitrogens with zero attached hydrogens (tertiary/aromatic N) is 1. The van der Waals surface area contributed by atoms with E-state index in [1.54, 1.807) is 25.1 Å². The van der Waals surface area contributed by atoms with Crippen molar-refractivity contribution in [2.75, 3.05) is 0 Å². The topological polar surface area (TPSA) is 98.5 Å². The molecule has 2 aromatic carbocycles. The molecule has 0 fully saturated rings. The van der Waals surface area contributed by atoms with E-state index in [0.29, 0.717) is 11.1 Å². The van der Waals surface area contributed by atoms with Gasteiger partial charge in [-0.05, 0) is 37.0 Å². The van der Waals surface area contributed by atoms with Gasteiger partial charge in [-0.3, -0.25) is 14.9 Å². The van der Waals surface area contributed by atoms with E-state index in [-0.39, 0.29) is 17.5 Å². The number of nitrogens with one attached hydrogen (secondary N) is 1. The smallest absolute Gasteiger partial charge is 0.329 e. The quantitative estimate of drug-likeness (QED) is 0.442. The zero-order chi connectivity index (χ0) is 20.8. The van der Waals surface area contributed by atoms with Crippen LogP contribution in [0.3, 0.4) is 0 Å². The van der Waals surface area contributed by atoms with Crippen molar-refractivity contribution >= 4 is 17.6 Å². The molecule has 0 spiro atoms. The number of ether oxygens (including phenoxy) is 1. The van der Waals surface area contributed by atoms with Crippen LogP contribution in [0.2, 0.25) is 0 Å². The summed E-state index contributed by atoms with van der Waals surface area (Å²) in [5.74, 6) is -1.13. The maximum Gasteiger partial charge on any atom is 0.329 e. The highest BCUT2D eigenvalue weighted by molar-refractivity contribution is 5.98. The fourth-order valence-electron chi connectivity index (χ4n) is 2.75. The molecule has 0 aliphatic carbocycles. The van der Waals surface area contributed by atoms with Crippen molar-refractivity contribution in [2.45, 2.75) is 39.8 Å². The molecule has 1 amide bonds. The second-order valence-corrected chi connectivity index (χ2v) is 6.94. The molecule has 2 atom stereocenters. The van der Waals surface area contributed by atoms with E-state index < -0.39 is 23.0 Å². The first-order chi connectivity index (χ1) is 13.2. The third-order valence-electron chi connectivity index (χ3n) is 4.44. The summed E-state index contributed by atoms with van der Waals surface area (Å²) in [5, 5.41) is 13.7. The predicted molar refractivity (Wildman–Crippen MR) is 105 cm³/mol. The van der Waals surface area contributed by atoms with Crippen molar-refractivity contribution in [3.8, 4) is 0 Å². The number of nitro benzene ring substituents is 1. The second-order valence-electron chi connectivity index (χ2n) is 6.94. The molecule has 0 saturated heterocycles. The number of aryl methyl sites for hydroxylation is 1. The van der Waals surface area contributed by atoms with Crippen molar-refractivity contribution in [3.05, 3.63) is 75.3 Å². The van der Waals surface area contributed by atoms with Crippen LogP contribution in [-0.4, -0.2) is 22.8 Å². The highest BCUT2D eigenvalue weighted by atomic mass is 16.6. The average molecular weight is 384 g/mol. The number of rotatable bonds is 7. The molecule has 0 aromatic heterocycles. The first-order valence-corrected chi connectivity index (χ1v) is 9.02. The molecular formula is C21H24N2O5. The number of esters is 1. The monoisotopic (exact) mass is 384 g/mol. The average Bonchev–Trinajstić information content (AvgIpc) is 2.65. The van der Waals surface area contributed by atoms with Crippen LogP contribution in [0.1, 0.15) is 48.4 Å². The van der Waals surface area contributed by atoms with Crippen LogP contribution in [0, 0.1) is 23.0 Å². The van der Waals surface area contributed by atoms with Gasteiger partial charge in [-0.15, -0.1) is 0 Å². The van der Waals surface area contributed by atoms with Gasteiger partial charge in [0.15, 0.2) is 0 Å². The number of benzene rings is 2. The van der Waals surface area contributed by atoms with Gasteiger partial charge in [-0.25, -0.2) is 4.79 Å². The normalized spacial score (nSPS) is 12.9. The number of amides is 1. The molecule has 0 unspecified atom stereocenters. The molecule has 28 heavy (non-hydrogen) atoms. The van der Waals surface area contributed by atoms with Gasteiger partial charge in [0.25, 0.3) is 11.6 Å². The number of carbonyl (C=O) groups excluding carboxylic acids is 2. The first kappa shape index (κ1) is 21.1. The summed E-state index contributed by atoms with van der Waals surface area (Å²) >= 11 is 0. The van der Waals surface area contributed by atoms with Crippen LogP contribution < -0.4 is 5.32 Å². The lowest BCUT2D eigenvalue weighted by Crippen LogP contribution is -2.45. The number of hydrogen-bond acceptors (Lipinski definition) is 5. The fourth-order valence-corrected chi connectivity index (χ4v) is 2.75. The molecule has 7 nitrogen and oxygen atoms in total. The number of non-ortho nitro benzene ring substituents is 1. The molecule has 0 bridgehead atoms. The summed E-state index contributed by atoms with van der Waals surface area (Å²) < 4.78 is 5.49. The summed E-state index contributed by atoms with van der Waals surface area (Å²) in [7, 11) is 0. The van der Waals surface area contributed by atoms with Crippen LogP contribution in [0.4, 0.5) is 5.69 Å². The summed E-state index contributed by atoms with van der Waals surface area (Å²) in [6.45, 7) is 7.07. The molecule has 148 valence electrons. The Labute approximate surface area is 163 Å². The lowest BCUT2D eigenvalue weighted by Gasteiger charge is -2.23. The number of nitro groups is 1. The lowest BCUT2D eigenvalue weighted by atomic mass is 10.0. The van der Waals surface area contributed by atoms with Gasteiger partial charge in [0.1, 0.15) is 12.1 Å². The standard InChI is InChI=1S/C21H24N2O5/c1-13(2)19(22-20(24)18-11-6-5-8-14(18)3)21(25)28-15(4)16-9-7-10-17(12-16)23(26)27/h5-13,15,19H,1-4H3,(H,22,24)/t15-,19-/m0/s1. The SMILES string of the molecule is Cc1ccccc1C(=O)N[C@H](C(=O)O[C@@H](C)c1cccc([N+](=O)[O-])c1)C(C)C. The highest BCUT2D eigenvalue weighted by Gasteiger charge is 2.28. The first-order valence-electron chi connectivity index (χ1n) is 9.02. The predicted octanol–water partition coefficient (Wildman–Crippen LogP) is 3.96. The Bertz CT molecular complexity index is 879. The Morgan fingerprint density at radius 2 is 1.75 bits per heavy atom. The van der Waals surface area contributed by atoms with E-state index in [9.17, 15) is 19.7 Å². The second kappa shape index (κ2) is 9.12. The minimum Gasteiger partial charge on any atom is -0.456 e. The molecule has 0 radical (unpaired) electrons. The van der Waals surface area contributed by atoms with Crippen molar-refractivity contribution < 1.29 is 19.2 Å². The van der Waals surface area contributed by atoms with Gasteiger partial charge < -0.3 is 10.1 Å². The Hall–Kier alpha value is -3.22. The maximum absolute atomic E-state index is 12.7. The van der Waals surface area contributed by atoms with Gasteiger partial charge in [0, 0.05) is 17.7 Å². The van der Waals surface area contributed by atoms with Crippen LogP contribution in [-0.2, 0) is 9.53 Å². The van der Waals surface area contributed by atoms with Crippen LogP contribution in [0.5, 0.6) is 0 Å². The van der Waals surface area contributed by atoms with Gasteiger partial charge in [0.05, 0.1) is 4.92 Å². The Morgan fingerprint density at radius 3 is 2.36 bits per heavy atom. The number of carbonyl (C=O) groups is 2. The maximum atomic E-state index is 12.7. The zero-order valence-electron chi connectivity index (χ0n) is 16.3. The summed E-state index contributed by atoms with van der Waals surface area (Å²) in [4.78, 5) is 35.7. The van der Waals surface area contributed by atoms with Gasteiger partial charge in [-0.1, -0.05) is 44.2 Å². The van der Waals surface area contributed by atoms with Crippen LogP contribution in [0.15, 0.2) is 48.5 Å². The van der Waals surface area contributed by atoms with E-state index in [4.69, 9.17) is 4.74 Å². The summed E-state index contributed by atoms with van der Waals surface area (Å²) in [6.07, 6.45) is -0.691. The van der Waals surface area contributed by atoms with Crippen LogP contribution >= 0.6 is 0 Å². The zero-order valence-corrected chi connectivity index (χ0v) is 16.3. The van der Waals surface area contributed by atoms with Crippen molar-refractivity contribution in [1.82, 2.24) is 5.32 Å². The molecule has 0 heterocycles. The van der Waals surface area contributed by atoms with Crippen LogP contribution in [0.25, 0.3) is 0 Å². The van der Waals surface area contributed by atoms with E-state index in [2.05, 4.69) is 5.32 Å². The molecule has 0 aliphatic rings. The molecule has 0 saturated carbocycles. The highest BCUT2D eigenvalue weighted by Crippen LogP contribution is 2.23. The lowest BCUT2D eigenvalue weighted by molar-refractivity contribution is -0.385. The van der Waals surface area contributed by atoms with Crippen molar-refractivity contribution in [1.29, 1.82) is 0 Å². The minimum atomic E-state index is -0.840. The fraction of sp³-hybridized carbons (Fsp3) is 0.333. The van der Waals surface area contributed by atoms with E-state index in [1.807, 2.05) is 32.9 Å². The summed E-state index contributed by atoms with van der Waals surface area (Å²) in [6, 6.07) is 12.2. The Balaban J connectivity index is 2.12. The Morgan fingerprint density at radius 1 is 1.07 bits per heavy atom. The third kappa shape index (κ3) is 5.16. The molecule has 0 aliphatic heterocycles. The molecular weight excluding hydrogens is 360 g/mol. The van der Waals surface area contributed by atoms with Crippen molar-refractivity contribution in [2.24, 2.45) is 5.92 Å². The third-order valence-corrected chi connectivity index (χ3v) is 4.44. The van der Waals surface area contributed by atoms with Gasteiger partial charge in [0.2, 0.25) is 0 Å². The molecule has 7 heteroatoms. The number of hydrogen-bond donors (Lipinski definition) is 1. The largest absolute Gasteiger partial charge is 0.456 e. The molecule has 2 rings (SSSR count). The van der Waals surface area contributed by atoms with Gasteiger partial charge in [-0.2, -0.15) is 0 Å². The molecule has 2 aromatic rings. The Kier molecular flexibility index (Phi) is 6.87. The minimum absolute atomic E-state index is 0.0753. The van der Waals surface area contributed by atoms with E-state index >= 15 is 0 Å². The summed E-state index contributed by atoms with van der Waals surface area (Å²) in [5.41, 5.74) is 1.73. The van der Waals surface area contributed by atoms with E-state index in [1.165, 1.54) is 18.2 Å². The van der Waals surface area contributed by atoms with E-state index in [0.717, 1.165) is 5.56 Å². The van der Waals surface area contributed by atoms with Gasteiger partial charge >= 0.3 is 5.97 Å².